The predicted molar refractivity (Wildman–Crippen MR) is 84.1 cm³/mol. The van der Waals surface area contributed by atoms with Crippen LogP contribution in [0.5, 0.6) is 0 Å². The van der Waals surface area contributed by atoms with Gasteiger partial charge in [-0.05, 0) is 78.2 Å². The highest BCUT2D eigenvalue weighted by molar-refractivity contribution is 14.1. The van der Waals surface area contributed by atoms with E-state index in [9.17, 15) is 0 Å². The summed E-state index contributed by atoms with van der Waals surface area (Å²) in [6, 6.07) is 2.92. The number of hydrogen-bond donors (Lipinski definition) is 2. The van der Waals surface area contributed by atoms with Crippen LogP contribution in [0.25, 0.3) is 0 Å². The van der Waals surface area contributed by atoms with Crippen LogP contribution in [-0.4, -0.2) is 18.3 Å². The molecule has 2 N–H and O–H groups in total. The molecule has 3 rings (SSSR count). The molecule has 2 nitrogen and oxygen atoms in total. The third-order valence-corrected chi connectivity index (χ3v) is 6.38. The second-order valence-electron chi connectivity index (χ2n) is 5.73. The fourth-order valence-corrected chi connectivity index (χ4v) is 5.12. The smallest absolute Gasteiger partial charge is 0.0659 e. The minimum atomic E-state index is 0.341. The predicted octanol–water partition coefficient (Wildman–Crippen LogP) is 3.48. The van der Waals surface area contributed by atoms with Crippen molar-refractivity contribution in [2.75, 3.05) is 13.2 Å². The molecule has 0 aliphatic heterocycles. The molecule has 1 unspecified atom stereocenters. The Hall–Kier alpha value is 0.350. The first kappa shape index (κ1) is 13.3. The number of aliphatic hydroxyl groups excluding tert-OH is 1. The van der Waals surface area contributed by atoms with Gasteiger partial charge in [0.15, 0.2) is 0 Å². The molecule has 1 aromatic rings. The van der Waals surface area contributed by atoms with Crippen LogP contribution in [0.15, 0.2) is 6.07 Å². The summed E-state index contributed by atoms with van der Waals surface area (Å²) in [5.41, 5.74) is 1.98. The molecule has 1 saturated carbocycles. The highest BCUT2D eigenvalue weighted by atomic mass is 127. The summed E-state index contributed by atoms with van der Waals surface area (Å²) in [7, 11) is 0. The van der Waals surface area contributed by atoms with Gasteiger partial charge in [-0.2, -0.15) is 0 Å². The molecule has 4 heteroatoms. The van der Waals surface area contributed by atoms with Gasteiger partial charge in [0.25, 0.3) is 0 Å². The van der Waals surface area contributed by atoms with Gasteiger partial charge in [-0.15, -0.1) is 11.3 Å². The first-order valence-electron chi connectivity index (χ1n) is 6.85. The molecule has 1 fully saturated rings. The van der Waals surface area contributed by atoms with Gasteiger partial charge in [0.1, 0.15) is 0 Å². The number of fused-ring (bicyclic) bond motifs is 1. The van der Waals surface area contributed by atoms with Crippen molar-refractivity contribution < 1.29 is 5.11 Å². The van der Waals surface area contributed by atoms with Crippen LogP contribution >= 0.6 is 33.9 Å². The summed E-state index contributed by atoms with van der Waals surface area (Å²) in [4.78, 5) is 1.59. The number of halogens is 1. The van der Waals surface area contributed by atoms with Crippen molar-refractivity contribution in [2.24, 2.45) is 5.41 Å². The van der Waals surface area contributed by atoms with Gasteiger partial charge < -0.3 is 10.4 Å². The lowest BCUT2D eigenvalue weighted by atomic mass is 9.93. The normalized spacial score (nSPS) is 24.9. The molecule has 0 radical (unpaired) electrons. The lowest BCUT2D eigenvalue weighted by Crippen LogP contribution is -2.30. The summed E-state index contributed by atoms with van der Waals surface area (Å²) in [6.07, 6.45) is 7.41. The maximum absolute atomic E-state index is 9.11. The molecule has 100 valence electrons. The SMILES string of the molecule is OCCC1(CNC2CCCc3sc(I)cc32)CC1. The van der Waals surface area contributed by atoms with Crippen molar-refractivity contribution in [1.29, 1.82) is 0 Å². The zero-order valence-corrected chi connectivity index (χ0v) is 13.5. The molecule has 0 aromatic carbocycles. The minimum Gasteiger partial charge on any atom is -0.396 e. The standard InChI is InChI=1S/C14H20INOS/c15-13-8-10-11(2-1-3-12(10)18-13)16-9-14(4-5-14)6-7-17/h8,11,16-17H,1-7,9H2. The fraction of sp³-hybridized carbons (Fsp3) is 0.714. The van der Waals surface area contributed by atoms with Crippen molar-refractivity contribution in [3.05, 3.63) is 19.4 Å². The van der Waals surface area contributed by atoms with E-state index in [-0.39, 0.29) is 0 Å². The highest BCUT2D eigenvalue weighted by Gasteiger charge is 2.42. The van der Waals surface area contributed by atoms with Crippen LogP contribution in [0.4, 0.5) is 0 Å². The number of aryl methyl sites for hydroxylation is 1. The Morgan fingerprint density at radius 3 is 3.06 bits per heavy atom. The molecular formula is C14H20INOS. The summed E-state index contributed by atoms with van der Waals surface area (Å²) >= 11 is 4.40. The summed E-state index contributed by atoms with van der Waals surface area (Å²) in [5, 5.41) is 12.9. The van der Waals surface area contributed by atoms with Crippen molar-refractivity contribution in [3.8, 4) is 0 Å². The number of thiophene rings is 1. The van der Waals surface area contributed by atoms with Crippen LogP contribution < -0.4 is 5.32 Å². The molecule has 2 aliphatic carbocycles. The fourth-order valence-electron chi connectivity index (χ4n) is 3.00. The molecular weight excluding hydrogens is 357 g/mol. The van der Waals surface area contributed by atoms with E-state index < -0.39 is 0 Å². The Morgan fingerprint density at radius 2 is 2.33 bits per heavy atom. The summed E-state index contributed by atoms with van der Waals surface area (Å²) in [5.74, 6) is 0. The quantitative estimate of drug-likeness (QED) is 0.771. The largest absolute Gasteiger partial charge is 0.396 e. The Balaban J connectivity index is 1.64. The van der Waals surface area contributed by atoms with Crippen molar-refractivity contribution in [2.45, 2.75) is 44.6 Å². The third kappa shape index (κ3) is 2.76. The maximum atomic E-state index is 9.11. The van der Waals surface area contributed by atoms with Crippen LogP contribution in [-0.2, 0) is 6.42 Å². The first-order valence-corrected chi connectivity index (χ1v) is 8.74. The highest BCUT2D eigenvalue weighted by Crippen LogP contribution is 2.48. The maximum Gasteiger partial charge on any atom is 0.0659 e. The molecule has 18 heavy (non-hydrogen) atoms. The lowest BCUT2D eigenvalue weighted by molar-refractivity contribution is 0.240. The van der Waals surface area contributed by atoms with E-state index in [1.807, 2.05) is 11.3 Å². The number of nitrogens with one attached hydrogen (secondary N) is 1. The van der Waals surface area contributed by atoms with Gasteiger partial charge in [0.05, 0.1) is 2.88 Å². The lowest BCUT2D eigenvalue weighted by Gasteiger charge is -2.26. The molecule has 1 aromatic heterocycles. The van der Waals surface area contributed by atoms with Gasteiger partial charge in [-0.25, -0.2) is 0 Å². The van der Waals surface area contributed by atoms with Gasteiger partial charge in [0, 0.05) is 24.1 Å². The second kappa shape index (κ2) is 5.38. The molecule has 0 amide bonds. The van der Waals surface area contributed by atoms with Gasteiger partial charge in [0.2, 0.25) is 0 Å². The second-order valence-corrected chi connectivity index (χ2v) is 8.76. The summed E-state index contributed by atoms with van der Waals surface area (Å²) in [6.45, 7) is 1.43. The Bertz CT molecular complexity index is 427. The van der Waals surface area contributed by atoms with Crippen LogP contribution in [0.3, 0.4) is 0 Å². The van der Waals surface area contributed by atoms with Gasteiger partial charge in [-0.1, -0.05) is 0 Å². The zero-order chi connectivity index (χ0) is 12.6. The van der Waals surface area contributed by atoms with Gasteiger partial charge >= 0.3 is 0 Å². The van der Waals surface area contributed by atoms with E-state index in [2.05, 4.69) is 34.0 Å². The molecule has 0 bridgehead atoms. The third-order valence-electron chi connectivity index (χ3n) is 4.41. The van der Waals surface area contributed by atoms with E-state index in [4.69, 9.17) is 5.11 Å². The first-order chi connectivity index (χ1) is 8.72. The van der Waals surface area contributed by atoms with Crippen LogP contribution in [0.1, 0.15) is 48.6 Å². The van der Waals surface area contributed by atoms with E-state index in [0.29, 0.717) is 18.1 Å². The van der Waals surface area contributed by atoms with E-state index in [1.54, 1.807) is 10.4 Å². The number of aliphatic hydroxyl groups is 1. The molecule has 1 atom stereocenters. The molecule has 2 aliphatic rings. The average molecular weight is 377 g/mol. The molecule has 0 spiro atoms. The van der Waals surface area contributed by atoms with E-state index in [0.717, 1.165) is 13.0 Å². The van der Waals surface area contributed by atoms with Crippen molar-refractivity contribution in [3.63, 3.8) is 0 Å². The molecule has 1 heterocycles. The van der Waals surface area contributed by atoms with Gasteiger partial charge in [-0.3, -0.25) is 0 Å². The van der Waals surface area contributed by atoms with Crippen molar-refractivity contribution >= 4 is 33.9 Å². The zero-order valence-electron chi connectivity index (χ0n) is 10.5. The topological polar surface area (TPSA) is 32.3 Å². The Kier molecular flexibility index (Phi) is 3.99. The summed E-state index contributed by atoms with van der Waals surface area (Å²) < 4.78 is 1.42. The Labute approximate surface area is 126 Å². The van der Waals surface area contributed by atoms with E-state index >= 15 is 0 Å². The van der Waals surface area contributed by atoms with Crippen molar-refractivity contribution in [1.82, 2.24) is 5.32 Å². The van der Waals surface area contributed by atoms with Crippen LogP contribution in [0.2, 0.25) is 0 Å². The minimum absolute atomic E-state index is 0.341. The number of hydrogen-bond acceptors (Lipinski definition) is 3. The van der Waals surface area contributed by atoms with E-state index in [1.165, 1.54) is 35.0 Å². The van der Waals surface area contributed by atoms with Crippen LogP contribution in [0, 0.1) is 8.30 Å². The molecule has 0 saturated heterocycles. The number of rotatable bonds is 5. The monoisotopic (exact) mass is 377 g/mol. The average Bonchev–Trinajstić information content (AvgIpc) is 3.00. The Morgan fingerprint density at radius 1 is 1.50 bits per heavy atom.